The van der Waals surface area contributed by atoms with E-state index < -0.39 is 0 Å². The lowest BCUT2D eigenvalue weighted by atomic mass is 10.1. The number of benzene rings is 1. The molecule has 1 aromatic heterocycles. The molecule has 126 valence electrons. The van der Waals surface area contributed by atoms with Gasteiger partial charge in [-0.2, -0.15) is 5.10 Å². The molecule has 1 aromatic carbocycles. The number of hydrogen-bond donors (Lipinski definition) is 1. The first-order chi connectivity index (χ1) is 11.5. The minimum atomic E-state index is -0.204. The molecule has 0 bridgehead atoms. The molecule has 0 atom stereocenters. The van der Waals surface area contributed by atoms with Crippen molar-refractivity contribution < 1.29 is 9.53 Å². The molecule has 1 N–H and O–H groups in total. The number of ether oxygens (including phenoxy) is 1. The van der Waals surface area contributed by atoms with Crippen molar-refractivity contribution >= 4 is 23.4 Å². The molecule has 0 fully saturated rings. The van der Waals surface area contributed by atoms with Crippen LogP contribution in [0.5, 0.6) is 5.75 Å². The van der Waals surface area contributed by atoms with Crippen LogP contribution in [0.1, 0.15) is 23.9 Å². The smallest absolute Gasteiger partial charge is 0.250 e. The number of carbonyl (C=O) groups excluding carboxylic acids is 1. The number of nitrogens with one attached hydrogen (secondary N) is 1. The number of thioether (sulfide) groups is 1. The van der Waals surface area contributed by atoms with Crippen molar-refractivity contribution in [3.63, 3.8) is 0 Å². The molecule has 2 aromatic rings. The Kier molecular flexibility index (Phi) is 6.31. The first-order valence-electron chi connectivity index (χ1n) is 7.40. The highest BCUT2D eigenvalue weighted by Crippen LogP contribution is 2.14. The summed E-state index contributed by atoms with van der Waals surface area (Å²) in [5.74, 6) is 0.749. The highest BCUT2D eigenvalue weighted by atomic mass is 32.2. The maximum Gasteiger partial charge on any atom is 0.250 e. The van der Waals surface area contributed by atoms with Gasteiger partial charge in [0, 0.05) is 17.0 Å². The van der Waals surface area contributed by atoms with Crippen molar-refractivity contribution in [2.75, 3.05) is 12.9 Å². The standard InChI is InChI=1S/C17H20N4O2S/c1-11-8-12(2)19-17(18-11)24-10-16(22)21-20-13(3)14-6-5-7-15(9-14)23-4/h5-9H,10H2,1-4H3,(H,21,22)/b20-13+. The zero-order valence-electron chi connectivity index (χ0n) is 14.2. The number of methoxy groups -OCH3 is 1. The van der Waals surface area contributed by atoms with E-state index in [1.54, 1.807) is 7.11 Å². The molecule has 7 heteroatoms. The van der Waals surface area contributed by atoms with Crippen LogP contribution in [0.4, 0.5) is 0 Å². The van der Waals surface area contributed by atoms with E-state index in [0.29, 0.717) is 10.9 Å². The summed E-state index contributed by atoms with van der Waals surface area (Å²) in [4.78, 5) is 20.5. The average Bonchev–Trinajstić information content (AvgIpc) is 2.57. The average molecular weight is 344 g/mol. The van der Waals surface area contributed by atoms with E-state index in [0.717, 1.165) is 22.7 Å². The zero-order valence-corrected chi connectivity index (χ0v) is 15.0. The SMILES string of the molecule is COc1cccc(/C(C)=N/NC(=O)CSc2nc(C)cc(C)n2)c1. The molecule has 0 saturated carbocycles. The summed E-state index contributed by atoms with van der Waals surface area (Å²) in [6, 6.07) is 9.40. The summed E-state index contributed by atoms with van der Waals surface area (Å²) in [5, 5.41) is 4.72. The number of hydrazone groups is 1. The van der Waals surface area contributed by atoms with Crippen molar-refractivity contribution in [1.29, 1.82) is 0 Å². The Morgan fingerprint density at radius 3 is 2.62 bits per heavy atom. The molecular formula is C17H20N4O2S. The molecule has 24 heavy (non-hydrogen) atoms. The van der Waals surface area contributed by atoms with Gasteiger partial charge < -0.3 is 4.74 Å². The largest absolute Gasteiger partial charge is 0.497 e. The number of aromatic nitrogens is 2. The minimum Gasteiger partial charge on any atom is -0.497 e. The summed E-state index contributed by atoms with van der Waals surface area (Å²) >= 11 is 1.29. The normalized spacial score (nSPS) is 11.2. The van der Waals surface area contributed by atoms with Crippen LogP contribution < -0.4 is 10.2 Å². The number of rotatable bonds is 6. The van der Waals surface area contributed by atoms with E-state index >= 15 is 0 Å². The van der Waals surface area contributed by atoms with Gasteiger partial charge in [0.2, 0.25) is 0 Å². The topological polar surface area (TPSA) is 76.5 Å². The molecule has 2 rings (SSSR count). The summed E-state index contributed by atoms with van der Waals surface area (Å²) in [7, 11) is 1.61. The van der Waals surface area contributed by atoms with Crippen molar-refractivity contribution in [1.82, 2.24) is 15.4 Å². The summed E-state index contributed by atoms with van der Waals surface area (Å²) in [6.45, 7) is 5.64. The summed E-state index contributed by atoms with van der Waals surface area (Å²) in [6.07, 6.45) is 0. The molecule has 0 spiro atoms. The molecule has 0 unspecified atom stereocenters. The Balaban J connectivity index is 1.91. The predicted octanol–water partition coefficient (Wildman–Crippen LogP) is 2.73. The number of amides is 1. The molecule has 6 nitrogen and oxygen atoms in total. The van der Waals surface area contributed by atoms with Crippen LogP contribution in [-0.4, -0.2) is 34.4 Å². The lowest BCUT2D eigenvalue weighted by Crippen LogP contribution is -2.21. The van der Waals surface area contributed by atoms with Gasteiger partial charge in [-0.25, -0.2) is 15.4 Å². The molecular weight excluding hydrogens is 324 g/mol. The van der Waals surface area contributed by atoms with Crippen LogP contribution in [0.25, 0.3) is 0 Å². The highest BCUT2D eigenvalue weighted by Gasteiger charge is 2.06. The van der Waals surface area contributed by atoms with E-state index in [9.17, 15) is 4.79 Å². The predicted molar refractivity (Wildman–Crippen MR) is 95.6 cm³/mol. The molecule has 0 aliphatic heterocycles. The van der Waals surface area contributed by atoms with Gasteiger partial charge in [-0.15, -0.1) is 0 Å². The van der Waals surface area contributed by atoms with Gasteiger partial charge in [0.05, 0.1) is 18.6 Å². The number of hydrogen-bond acceptors (Lipinski definition) is 6. The Labute approximate surface area is 145 Å². The Hall–Kier alpha value is -2.41. The fourth-order valence-corrected chi connectivity index (χ4v) is 2.72. The van der Waals surface area contributed by atoms with Crippen LogP contribution in [0, 0.1) is 13.8 Å². The minimum absolute atomic E-state index is 0.204. The lowest BCUT2D eigenvalue weighted by molar-refractivity contribution is -0.118. The second-order valence-corrected chi connectivity index (χ2v) is 6.13. The van der Waals surface area contributed by atoms with Crippen LogP contribution in [0.3, 0.4) is 0 Å². The molecule has 0 radical (unpaired) electrons. The number of aryl methyl sites for hydroxylation is 2. The summed E-state index contributed by atoms with van der Waals surface area (Å²) in [5.41, 5.74) is 5.91. The van der Waals surface area contributed by atoms with Gasteiger partial charge in [0.25, 0.3) is 5.91 Å². The van der Waals surface area contributed by atoms with E-state index in [4.69, 9.17) is 4.74 Å². The molecule has 1 amide bonds. The third-order valence-corrected chi connectivity index (χ3v) is 3.98. The Morgan fingerprint density at radius 1 is 1.25 bits per heavy atom. The molecule has 0 aliphatic rings. The van der Waals surface area contributed by atoms with E-state index in [2.05, 4.69) is 20.5 Å². The monoisotopic (exact) mass is 344 g/mol. The molecule has 0 aliphatic carbocycles. The first kappa shape index (κ1) is 17.9. The van der Waals surface area contributed by atoms with Gasteiger partial charge in [-0.1, -0.05) is 23.9 Å². The second-order valence-electron chi connectivity index (χ2n) is 5.19. The third-order valence-electron chi connectivity index (χ3n) is 3.13. The molecule has 1 heterocycles. The van der Waals surface area contributed by atoms with Gasteiger partial charge in [0.15, 0.2) is 5.16 Å². The van der Waals surface area contributed by atoms with Gasteiger partial charge in [0.1, 0.15) is 5.75 Å². The fourth-order valence-electron chi connectivity index (χ4n) is 1.98. The third kappa shape index (κ3) is 5.34. The zero-order chi connectivity index (χ0) is 17.5. The summed E-state index contributed by atoms with van der Waals surface area (Å²) < 4.78 is 5.18. The van der Waals surface area contributed by atoms with Crippen molar-refractivity contribution in [3.05, 3.63) is 47.3 Å². The maximum absolute atomic E-state index is 11.9. The Morgan fingerprint density at radius 2 is 1.96 bits per heavy atom. The Bertz CT molecular complexity index is 742. The van der Waals surface area contributed by atoms with Gasteiger partial charge in [-0.05, 0) is 39.0 Å². The first-order valence-corrected chi connectivity index (χ1v) is 8.39. The second kappa shape index (κ2) is 8.44. The highest BCUT2D eigenvalue weighted by molar-refractivity contribution is 7.99. The van der Waals surface area contributed by atoms with Crippen molar-refractivity contribution in [3.8, 4) is 5.75 Å². The maximum atomic E-state index is 11.9. The quantitative estimate of drug-likeness (QED) is 0.377. The van der Waals surface area contributed by atoms with Gasteiger partial charge in [-0.3, -0.25) is 4.79 Å². The number of carbonyl (C=O) groups is 1. The van der Waals surface area contributed by atoms with E-state index in [-0.39, 0.29) is 11.7 Å². The van der Waals surface area contributed by atoms with E-state index in [1.165, 1.54) is 11.8 Å². The van der Waals surface area contributed by atoms with Crippen molar-refractivity contribution in [2.45, 2.75) is 25.9 Å². The fraction of sp³-hybridized carbons (Fsp3) is 0.294. The van der Waals surface area contributed by atoms with Crippen LogP contribution in [-0.2, 0) is 4.79 Å². The van der Waals surface area contributed by atoms with E-state index in [1.807, 2.05) is 51.1 Å². The van der Waals surface area contributed by atoms with Crippen LogP contribution >= 0.6 is 11.8 Å². The van der Waals surface area contributed by atoms with Crippen LogP contribution in [0.15, 0.2) is 40.6 Å². The van der Waals surface area contributed by atoms with Crippen molar-refractivity contribution in [2.24, 2.45) is 5.10 Å². The van der Waals surface area contributed by atoms with Crippen LogP contribution in [0.2, 0.25) is 0 Å². The molecule has 0 saturated heterocycles. The number of nitrogens with zero attached hydrogens (tertiary/aromatic N) is 3. The lowest BCUT2D eigenvalue weighted by Gasteiger charge is -2.05. The van der Waals surface area contributed by atoms with Gasteiger partial charge >= 0.3 is 0 Å².